The van der Waals surface area contributed by atoms with Crippen LogP contribution in [0.5, 0.6) is 0 Å². The third-order valence-corrected chi connectivity index (χ3v) is 17.3. The van der Waals surface area contributed by atoms with Gasteiger partial charge in [0.05, 0.1) is 34.4 Å². The first-order valence-electron chi connectivity index (χ1n) is 21.2. The summed E-state index contributed by atoms with van der Waals surface area (Å²) in [5.41, 5.74) is -0.586. The van der Waals surface area contributed by atoms with E-state index in [1.54, 1.807) is 78.1 Å². The Morgan fingerprint density at radius 1 is 0.627 bits per heavy atom. The van der Waals surface area contributed by atoms with E-state index in [-0.39, 0.29) is 59.3 Å². The van der Waals surface area contributed by atoms with Crippen molar-refractivity contribution in [2.75, 3.05) is 39.3 Å². The molecule has 2 saturated heterocycles. The van der Waals surface area contributed by atoms with Crippen LogP contribution in [0.25, 0.3) is 0 Å². The number of fused-ring (bicyclic) bond motifs is 2. The molecule has 4 atom stereocenters. The minimum absolute atomic E-state index is 0.0400. The lowest BCUT2D eigenvalue weighted by Gasteiger charge is -2.26. The molecule has 22 heteroatoms. The number of hydrogen-bond donors (Lipinski definition) is 2. The minimum Gasteiger partial charge on any atom is -0.351 e. The van der Waals surface area contributed by atoms with Crippen LogP contribution in [-0.2, 0) is 51.1 Å². The number of sulfonamides is 2. The first-order valence-corrected chi connectivity index (χ1v) is 24.4. The van der Waals surface area contributed by atoms with Crippen LogP contribution >= 0.6 is 11.6 Å². The Bertz CT molecular complexity index is 3040. The van der Waals surface area contributed by atoms with Gasteiger partial charge in [-0.2, -0.15) is 21.8 Å². The van der Waals surface area contributed by atoms with E-state index in [9.17, 15) is 39.6 Å². The van der Waals surface area contributed by atoms with Gasteiger partial charge in [-0.1, -0.05) is 48.0 Å². The average Bonchev–Trinajstić information content (AvgIpc) is 3.77. The summed E-state index contributed by atoms with van der Waals surface area (Å²) in [5, 5.41) is 6.08. The Kier molecular flexibility index (Phi) is 11.9. The summed E-state index contributed by atoms with van der Waals surface area (Å²) in [6.07, 6.45) is 4.50. The lowest BCUT2D eigenvalue weighted by molar-refractivity contribution is -0.137. The van der Waals surface area contributed by atoms with Gasteiger partial charge in [0.25, 0.3) is 31.9 Å². The summed E-state index contributed by atoms with van der Waals surface area (Å²) < 4.78 is 98.2. The minimum atomic E-state index is -4.66. The maximum atomic E-state index is 13.4. The van der Waals surface area contributed by atoms with Crippen molar-refractivity contribution >= 4 is 43.5 Å². The zero-order valence-electron chi connectivity index (χ0n) is 36.0. The Morgan fingerprint density at radius 3 is 1.42 bits per heavy atom. The maximum absolute atomic E-state index is 13.4. The molecule has 10 rings (SSSR count). The predicted molar refractivity (Wildman–Crippen MR) is 237 cm³/mol. The molecule has 4 unspecified atom stereocenters. The maximum Gasteiger partial charge on any atom is 0.417 e. The molecule has 2 saturated carbocycles. The molecule has 350 valence electrons. The molecule has 6 heterocycles. The number of halogens is 4. The van der Waals surface area contributed by atoms with Crippen molar-refractivity contribution in [3.05, 3.63) is 155 Å². The van der Waals surface area contributed by atoms with Crippen molar-refractivity contribution in [3.8, 4) is 0 Å². The number of imidazole rings is 2. The van der Waals surface area contributed by atoms with E-state index >= 15 is 0 Å². The number of rotatable bonds is 12. The molecule has 4 aromatic heterocycles. The number of piperidine rings is 2. The van der Waals surface area contributed by atoms with Crippen molar-refractivity contribution < 1.29 is 39.6 Å². The van der Waals surface area contributed by atoms with Crippen LogP contribution in [0.1, 0.15) is 37.7 Å². The normalized spacial score (nSPS) is 24.5. The predicted octanol–water partition coefficient (Wildman–Crippen LogP) is 4.54. The summed E-state index contributed by atoms with van der Waals surface area (Å²) in [7, 11) is -4.02. The number of alkyl halides is 3. The molecule has 67 heavy (non-hydrogen) atoms. The largest absolute Gasteiger partial charge is 0.417 e. The van der Waals surface area contributed by atoms with E-state index in [1.807, 2.05) is 18.2 Å². The Balaban J connectivity index is 0.000000169. The zero-order chi connectivity index (χ0) is 47.5. The highest BCUT2D eigenvalue weighted by atomic mass is 35.5. The molecule has 0 spiro atoms. The molecule has 2 aliphatic carbocycles. The average molecular weight is 977 g/mol. The van der Waals surface area contributed by atoms with Gasteiger partial charge in [0.15, 0.2) is 10.1 Å². The third kappa shape index (κ3) is 8.29. The van der Waals surface area contributed by atoms with Crippen LogP contribution in [-0.4, -0.2) is 106 Å². The van der Waals surface area contributed by atoms with Gasteiger partial charge in [-0.05, 0) is 72.2 Å². The number of carbonyl (C=O) groups excluding carboxylic acids is 2. The molecule has 16 nitrogen and oxygen atoms in total. The molecule has 2 amide bonds. The second-order valence-corrected chi connectivity index (χ2v) is 21.4. The van der Waals surface area contributed by atoms with Crippen LogP contribution in [0.15, 0.2) is 132 Å². The van der Waals surface area contributed by atoms with E-state index in [0.29, 0.717) is 35.9 Å². The SMILES string of the molecule is Cn1cnc(S(=O)(=O)N2CC3C(C2)C3(CNC(=O)c2ccccc2C(F)(F)F)c2ccccn2)c1.Cn1cnc(S(=O)(=O)N2CC3C(C2)C3(CNC(=O)c2ccccc2Cl)c2ccccn2)c1. The number of nitrogens with zero attached hydrogens (tertiary/aromatic N) is 8. The number of aryl methyl sites for hydroxylation is 2. The van der Waals surface area contributed by atoms with Crippen LogP contribution in [0.4, 0.5) is 13.2 Å². The highest BCUT2D eigenvalue weighted by Gasteiger charge is 2.72. The number of nitrogens with one attached hydrogen (secondary N) is 2. The monoisotopic (exact) mass is 976 g/mol. The van der Waals surface area contributed by atoms with Crippen LogP contribution in [0.3, 0.4) is 0 Å². The van der Waals surface area contributed by atoms with E-state index in [4.69, 9.17) is 11.6 Å². The van der Waals surface area contributed by atoms with Gasteiger partial charge < -0.3 is 19.8 Å². The van der Waals surface area contributed by atoms with Crippen molar-refractivity contribution in [1.82, 2.24) is 48.3 Å². The zero-order valence-corrected chi connectivity index (χ0v) is 38.3. The van der Waals surface area contributed by atoms with E-state index in [0.717, 1.165) is 17.8 Å². The van der Waals surface area contributed by atoms with Gasteiger partial charge in [0.2, 0.25) is 0 Å². The first-order chi connectivity index (χ1) is 31.9. The van der Waals surface area contributed by atoms with Crippen LogP contribution in [0, 0.1) is 23.7 Å². The van der Waals surface area contributed by atoms with E-state index in [1.165, 1.54) is 45.8 Å². The topological polar surface area (TPSA) is 194 Å². The summed E-state index contributed by atoms with van der Waals surface area (Å²) in [6.45, 7) is 1.54. The molecule has 0 radical (unpaired) electrons. The third-order valence-electron chi connectivity index (χ3n) is 13.5. The van der Waals surface area contributed by atoms with Crippen LogP contribution < -0.4 is 10.6 Å². The van der Waals surface area contributed by atoms with E-state index in [2.05, 4.69) is 30.6 Å². The first kappa shape index (κ1) is 46.1. The highest BCUT2D eigenvalue weighted by Crippen LogP contribution is 2.64. The summed E-state index contributed by atoms with van der Waals surface area (Å²) >= 11 is 6.17. The van der Waals surface area contributed by atoms with Crippen molar-refractivity contribution in [3.63, 3.8) is 0 Å². The van der Waals surface area contributed by atoms with Crippen molar-refractivity contribution in [2.24, 2.45) is 37.8 Å². The fourth-order valence-corrected chi connectivity index (χ4v) is 13.2. The number of hydrogen-bond acceptors (Lipinski definition) is 10. The smallest absolute Gasteiger partial charge is 0.351 e. The van der Waals surface area contributed by atoms with Gasteiger partial charge in [0, 0.05) is 100 Å². The van der Waals surface area contributed by atoms with Crippen molar-refractivity contribution in [1.29, 1.82) is 0 Å². The highest BCUT2D eigenvalue weighted by molar-refractivity contribution is 7.89. The van der Waals surface area contributed by atoms with Gasteiger partial charge >= 0.3 is 6.18 Å². The molecule has 4 aliphatic rings. The lowest BCUT2D eigenvalue weighted by Crippen LogP contribution is -2.41. The van der Waals surface area contributed by atoms with Gasteiger partial charge in [0.1, 0.15) is 0 Å². The second kappa shape index (κ2) is 17.3. The molecular formula is C45H44ClF3N10O6S2. The summed E-state index contributed by atoms with van der Waals surface area (Å²) in [6, 6.07) is 22.6. The molecule has 0 bridgehead atoms. The molecular weight excluding hydrogens is 933 g/mol. The van der Waals surface area contributed by atoms with Crippen molar-refractivity contribution in [2.45, 2.75) is 27.1 Å². The Labute approximate surface area is 389 Å². The van der Waals surface area contributed by atoms with E-state index < -0.39 is 54.1 Å². The summed E-state index contributed by atoms with van der Waals surface area (Å²) in [5.74, 6) is -1.27. The lowest BCUT2D eigenvalue weighted by atomic mass is 9.94. The van der Waals surface area contributed by atoms with Crippen LogP contribution in [0.2, 0.25) is 5.02 Å². The number of amides is 2. The molecule has 6 aromatic rings. The number of benzene rings is 2. The van der Waals surface area contributed by atoms with Gasteiger partial charge in [-0.3, -0.25) is 19.6 Å². The fraction of sp³-hybridized carbons (Fsp3) is 0.333. The number of pyridine rings is 2. The molecule has 2 aromatic carbocycles. The number of carbonyl (C=O) groups is 2. The fourth-order valence-electron chi connectivity index (χ4n) is 10.1. The van der Waals surface area contributed by atoms with Gasteiger partial charge in [-0.15, -0.1) is 0 Å². The molecule has 2 N–H and O–H groups in total. The Morgan fingerprint density at radius 2 is 1.03 bits per heavy atom. The van der Waals surface area contributed by atoms with Gasteiger partial charge in [-0.25, -0.2) is 26.8 Å². The molecule has 2 aliphatic heterocycles. The standard InChI is InChI=1S/C23H22F3N5O3S.C22H22ClN5O3S/c1-30-12-20(29-14-30)35(33,34)31-10-17-18(11-31)22(17,19-8-4-5-9-27-19)13-28-21(32)15-6-2-3-7-16(15)23(24,25)26;1-27-12-20(26-14-27)32(30,31)28-10-16-17(11-28)22(16,19-8-4-5-9-24-19)13-25-21(29)15-6-2-3-7-18(15)23/h2-9,12,14,17-18H,10-11,13H2,1H3,(H,28,32);2-9,12,14,16-17H,10-11,13H2,1H3,(H,25,29). The Hall–Kier alpha value is -6.00. The molecule has 4 fully saturated rings. The number of aromatic nitrogens is 6. The second-order valence-electron chi connectivity index (χ2n) is 17.2. The summed E-state index contributed by atoms with van der Waals surface area (Å²) in [4.78, 5) is 42.5. The quantitative estimate of drug-likeness (QED) is 0.176.